The van der Waals surface area contributed by atoms with Crippen molar-refractivity contribution in [1.82, 2.24) is 0 Å². The lowest BCUT2D eigenvalue weighted by Gasteiger charge is -2.22. The van der Waals surface area contributed by atoms with Gasteiger partial charge in [0.1, 0.15) is 0 Å². The zero-order valence-corrected chi connectivity index (χ0v) is 14.1. The third-order valence-electron chi connectivity index (χ3n) is 4.34. The summed E-state index contributed by atoms with van der Waals surface area (Å²) in [4.78, 5) is 11.3. The second kappa shape index (κ2) is 10.6. The quantitative estimate of drug-likeness (QED) is 0.338. The minimum absolute atomic E-state index is 0.245. The van der Waals surface area contributed by atoms with Crippen LogP contribution < -0.4 is 0 Å². The highest BCUT2D eigenvalue weighted by Gasteiger charge is 2.13. The summed E-state index contributed by atoms with van der Waals surface area (Å²) in [5.41, 5.74) is 0.966. The predicted molar refractivity (Wildman–Crippen MR) is 89.1 cm³/mol. The van der Waals surface area contributed by atoms with E-state index in [-0.39, 0.29) is 5.97 Å². The predicted octanol–water partition coefficient (Wildman–Crippen LogP) is 5.44. The summed E-state index contributed by atoms with van der Waals surface area (Å²) in [7, 11) is 0. The highest BCUT2D eigenvalue weighted by Crippen LogP contribution is 2.29. The first-order valence-electron chi connectivity index (χ1n) is 8.63. The average molecular weight is 292 g/mol. The molecule has 2 nitrogen and oxygen atoms in total. The number of allylic oxidation sites excluding steroid dienone is 3. The Labute approximate surface area is 130 Å². The van der Waals surface area contributed by atoms with Crippen LogP contribution in [0, 0.1) is 11.8 Å². The molecule has 0 aliphatic heterocycles. The first kappa shape index (κ1) is 18.0. The van der Waals surface area contributed by atoms with Gasteiger partial charge < -0.3 is 4.74 Å². The molecular formula is C19H32O2. The Morgan fingerprint density at radius 2 is 2.00 bits per heavy atom. The van der Waals surface area contributed by atoms with E-state index >= 15 is 0 Å². The van der Waals surface area contributed by atoms with Gasteiger partial charge >= 0.3 is 5.97 Å². The molecule has 0 bridgehead atoms. The van der Waals surface area contributed by atoms with Crippen LogP contribution in [0.15, 0.2) is 23.8 Å². The van der Waals surface area contributed by atoms with Crippen molar-refractivity contribution in [1.29, 1.82) is 0 Å². The molecule has 0 aromatic rings. The van der Waals surface area contributed by atoms with Crippen molar-refractivity contribution >= 4 is 5.97 Å². The van der Waals surface area contributed by atoms with Gasteiger partial charge in [-0.3, -0.25) is 0 Å². The second-order valence-corrected chi connectivity index (χ2v) is 6.47. The van der Waals surface area contributed by atoms with Gasteiger partial charge in [-0.1, -0.05) is 64.0 Å². The van der Waals surface area contributed by atoms with Gasteiger partial charge in [-0.15, -0.1) is 0 Å². The van der Waals surface area contributed by atoms with E-state index in [2.05, 4.69) is 13.0 Å². The summed E-state index contributed by atoms with van der Waals surface area (Å²) in [6, 6.07) is 0. The topological polar surface area (TPSA) is 26.3 Å². The van der Waals surface area contributed by atoms with Crippen molar-refractivity contribution in [3.05, 3.63) is 23.8 Å². The Morgan fingerprint density at radius 3 is 2.67 bits per heavy atom. The van der Waals surface area contributed by atoms with Gasteiger partial charge in [-0.05, 0) is 37.7 Å². The van der Waals surface area contributed by atoms with Crippen molar-refractivity contribution in [2.24, 2.45) is 11.8 Å². The summed E-state index contributed by atoms with van der Waals surface area (Å²) in [5.74, 6) is 1.47. The molecule has 1 rings (SSSR count). The van der Waals surface area contributed by atoms with Crippen LogP contribution in [0.1, 0.15) is 72.1 Å². The van der Waals surface area contributed by atoms with Crippen LogP contribution in [0.3, 0.4) is 0 Å². The number of carbonyl (C=O) groups excluding carboxylic acids is 1. The van der Waals surface area contributed by atoms with Crippen LogP contribution in [-0.2, 0) is 9.53 Å². The fourth-order valence-electron chi connectivity index (χ4n) is 3.02. The number of ether oxygens (including phenoxy) is 1. The zero-order valence-electron chi connectivity index (χ0n) is 14.1. The maximum Gasteiger partial charge on any atom is 0.330 e. The van der Waals surface area contributed by atoms with Gasteiger partial charge in [0.2, 0.25) is 0 Å². The molecule has 0 aromatic carbocycles. The van der Waals surface area contributed by atoms with Crippen LogP contribution in [0.5, 0.6) is 0 Å². The molecule has 1 saturated carbocycles. The summed E-state index contributed by atoms with van der Waals surface area (Å²) < 4.78 is 4.90. The van der Waals surface area contributed by atoms with E-state index in [1.807, 2.05) is 19.9 Å². The molecule has 2 heteroatoms. The molecule has 120 valence electrons. The highest BCUT2D eigenvalue weighted by molar-refractivity contribution is 5.83. The van der Waals surface area contributed by atoms with Crippen LogP contribution in [0.25, 0.3) is 0 Å². The standard InChI is InChI=1S/C19H32O2/c1-4-21-19(20)15-17(3)10-8-9-16(2)13-14-18-11-6-5-7-12-18/h8,10,15-16,18H,4-7,9,11-14H2,1-3H3. The minimum Gasteiger partial charge on any atom is -0.463 e. The maximum absolute atomic E-state index is 11.3. The fourth-order valence-corrected chi connectivity index (χ4v) is 3.02. The van der Waals surface area contributed by atoms with Gasteiger partial charge in [-0.2, -0.15) is 0 Å². The van der Waals surface area contributed by atoms with Gasteiger partial charge in [0, 0.05) is 6.08 Å². The van der Waals surface area contributed by atoms with E-state index in [0.29, 0.717) is 6.61 Å². The Balaban J connectivity index is 2.20. The molecule has 0 N–H and O–H groups in total. The average Bonchev–Trinajstić information content (AvgIpc) is 2.46. The molecule has 0 spiro atoms. The molecule has 1 fully saturated rings. The molecule has 1 atom stereocenters. The smallest absolute Gasteiger partial charge is 0.330 e. The van der Waals surface area contributed by atoms with E-state index < -0.39 is 0 Å². The SMILES string of the molecule is CCOC(=O)C=C(C)C=CCC(C)CCC1CCCCC1. The molecule has 1 aliphatic carbocycles. The minimum atomic E-state index is -0.245. The van der Waals surface area contributed by atoms with Gasteiger partial charge in [-0.25, -0.2) is 4.79 Å². The van der Waals surface area contributed by atoms with Gasteiger partial charge in [0.15, 0.2) is 0 Å². The fraction of sp³-hybridized carbons (Fsp3) is 0.737. The Hall–Kier alpha value is -1.05. The molecule has 0 radical (unpaired) electrons. The number of carbonyl (C=O) groups is 1. The van der Waals surface area contributed by atoms with E-state index in [4.69, 9.17) is 4.74 Å². The van der Waals surface area contributed by atoms with Crippen molar-refractivity contribution in [2.75, 3.05) is 6.61 Å². The molecule has 0 heterocycles. The van der Waals surface area contributed by atoms with E-state index in [0.717, 1.165) is 23.8 Å². The number of rotatable bonds is 8. The van der Waals surface area contributed by atoms with E-state index in [1.54, 1.807) is 6.08 Å². The van der Waals surface area contributed by atoms with Crippen LogP contribution in [0.4, 0.5) is 0 Å². The van der Waals surface area contributed by atoms with E-state index in [9.17, 15) is 4.79 Å². The van der Waals surface area contributed by atoms with Crippen LogP contribution >= 0.6 is 0 Å². The summed E-state index contributed by atoms with van der Waals surface area (Å²) in [5, 5.41) is 0. The van der Waals surface area contributed by atoms with Gasteiger partial charge in [0.05, 0.1) is 6.61 Å². The molecule has 0 aromatic heterocycles. The first-order chi connectivity index (χ1) is 10.1. The van der Waals surface area contributed by atoms with Crippen LogP contribution in [0.2, 0.25) is 0 Å². The maximum atomic E-state index is 11.3. The molecular weight excluding hydrogens is 260 g/mol. The summed E-state index contributed by atoms with van der Waals surface area (Å²) >= 11 is 0. The van der Waals surface area contributed by atoms with Gasteiger partial charge in [0.25, 0.3) is 0 Å². The number of hydrogen-bond acceptors (Lipinski definition) is 2. The monoisotopic (exact) mass is 292 g/mol. The third kappa shape index (κ3) is 8.75. The molecule has 0 amide bonds. The number of hydrogen-bond donors (Lipinski definition) is 0. The molecule has 0 saturated heterocycles. The lowest BCUT2D eigenvalue weighted by Crippen LogP contribution is -2.07. The zero-order chi connectivity index (χ0) is 15.5. The normalized spacial score (nSPS) is 18.9. The second-order valence-electron chi connectivity index (χ2n) is 6.47. The van der Waals surface area contributed by atoms with Crippen LogP contribution in [-0.4, -0.2) is 12.6 Å². The lowest BCUT2D eigenvalue weighted by molar-refractivity contribution is -0.137. The molecule has 1 unspecified atom stereocenters. The van der Waals surface area contributed by atoms with Crippen molar-refractivity contribution in [2.45, 2.75) is 72.1 Å². The third-order valence-corrected chi connectivity index (χ3v) is 4.34. The highest BCUT2D eigenvalue weighted by atomic mass is 16.5. The largest absolute Gasteiger partial charge is 0.463 e. The first-order valence-corrected chi connectivity index (χ1v) is 8.63. The number of esters is 1. The summed E-state index contributed by atoms with van der Waals surface area (Å²) in [6.45, 7) is 6.53. The molecule has 1 aliphatic rings. The van der Waals surface area contributed by atoms with Crippen molar-refractivity contribution in [3.8, 4) is 0 Å². The van der Waals surface area contributed by atoms with Crippen molar-refractivity contribution in [3.63, 3.8) is 0 Å². The Kier molecular flexibility index (Phi) is 9.12. The lowest BCUT2D eigenvalue weighted by atomic mass is 9.84. The molecule has 21 heavy (non-hydrogen) atoms. The Bertz CT molecular complexity index is 349. The Morgan fingerprint density at radius 1 is 1.29 bits per heavy atom. The van der Waals surface area contributed by atoms with E-state index in [1.165, 1.54) is 44.9 Å². The summed E-state index contributed by atoms with van der Waals surface area (Å²) in [6.07, 6.45) is 16.8. The van der Waals surface area contributed by atoms with Crippen molar-refractivity contribution < 1.29 is 9.53 Å².